The van der Waals surface area contributed by atoms with Gasteiger partial charge in [-0.1, -0.05) is 0 Å². The third-order valence-electron chi connectivity index (χ3n) is 7.95. The van der Waals surface area contributed by atoms with Crippen LogP contribution in [0.1, 0.15) is 19.3 Å². The van der Waals surface area contributed by atoms with Gasteiger partial charge in [0.05, 0.1) is 0 Å². The number of ether oxygens (including phenoxy) is 7. The van der Waals surface area contributed by atoms with E-state index in [9.17, 15) is 71.8 Å². The molecule has 2 fully saturated rings. The molecule has 27 nitrogen and oxygen atoms in total. The van der Waals surface area contributed by atoms with Crippen molar-refractivity contribution in [2.75, 3.05) is 48.8 Å². The Balaban J connectivity index is 2.28. The number of hydrogen-bond acceptors (Lipinski definition) is 17. The number of phosphoric acid groups is 5. The zero-order valence-electron chi connectivity index (χ0n) is 29.1. The highest BCUT2D eigenvalue weighted by atomic mass is 31.2. The van der Waals surface area contributed by atoms with Gasteiger partial charge in [-0.05, 0) is 19.3 Å². The Labute approximate surface area is 307 Å². The van der Waals surface area contributed by atoms with E-state index in [4.69, 9.17) is 55.8 Å². The van der Waals surface area contributed by atoms with Crippen molar-refractivity contribution in [1.29, 1.82) is 0 Å². The Morgan fingerprint density at radius 2 is 0.500 bits per heavy atom. The van der Waals surface area contributed by atoms with E-state index in [0.717, 1.165) is 35.5 Å². The van der Waals surface area contributed by atoms with E-state index < -0.39 is 112 Å². The minimum absolute atomic E-state index is 0.0478. The molecule has 0 radical (unpaired) electrons. The monoisotopic (exact) mass is 898 g/mol. The highest BCUT2D eigenvalue weighted by Gasteiger charge is 2.59. The normalized spacial score (nSPS) is 33.2. The van der Waals surface area contributed by atoms with Gasteiger partial charge >= 0.3 is 39.1 Å². The molecule has 0 amide bonds. The molecule has 0 saturated heterocycles. The molecule has 12 atom stereocenters. The lowest BCUT2D eigenvalue weighted by Gasteiger charge is -2.48. The minimum atomic E-state index is -5.55. The Hall–Kier alpha value is 0.270. The molecular weight excluding hydrogens is 851 g/mol. The second kappa shape index (κ2) is 21.0. The summed E-state index contributed by atoms with van der Waals surface area (Å²) in [7, 11) is -21.7. The molecule has 2 aliphatic carbocycles. The van der Waals surface area contributed by atoms with E-state index in [2.05, 4.69) is 0 Å². The molecule has 54 heavy (non-hydrogen) atoms. The fourth-order valence-corrected chi connectivity index (χ4v) is 8.96. The topological polar surface area (TPSA) is 398 Å². The average Bonchev–Trinajstić information content (AvgIpc) is 2.99. The van der Waals surface area contributed by atoms with Gasteiger partial charge in [-0.15, -0.1) is 0 Å². The maximum atomic E-state index is 11.9. The van der Waals surface area contributed by atoms with Gasteiger partial charge in [0.1, 0.15) is 73.2 Å². The molecular formula is C22H47O27P5. The lowest BCUT2D eigenvalue weighted by Crippen LogP contribution is -2.66. The van der Waals surface area contributed by atoms with Crippen LogP contribution >= 0.6 is 39.1 Å². The molecule has 0 aliphatic heterocycles. The van der Waals surface area contributed by atoms with Crippen molar-refractivity contribution in [3.05, 3.63) is 0 Å². The van der Waals surface area contributed by atoms with Gasteiger partial charge in [-0.3, -0.25) is 22.6 Å². The lowest BCUT2D eigenvalue weighted by molar-refractivity contribution is -0.245. The summed E-state index contributed by atoms with van der Waals surface area (Å²) in [5.74, 6) is 0. The summed E-state index contributed by atoms with van der Waals surface area (Å²) in [6.07, 6.45) is -20.2. The van der Waals surface area contributed by atoms with Crippen LogP contribution in [0.25, 0.3) is 0 Å². The molecule has 10 N–H and O–H groups in total. The van der Waals surface area contributed by atoms with E-state index in [0.29, 0.717) is 0 Å². The molecule has 32 heteroatoms. The van der Waals surface area contributed by atoms with Gasteiger partial charge in [0.25, 0.3) is 0 Å². The van der Waals surface area contributed by atoms with Crippen molar-refractivity contribution in [2.45, 2.75) is 92.5 Å². The SMILES string of the molecule is COC1[C@@H](OP(=O)(O)O)[C@H](OC)C(OCCCCCO[C@H]2[C@@H](OP(=O)(O)O)[C@H](OC)[C@@H](OC)[C@H](OP(=O)(O)O)[C@H]2OP(=O)(O)O)[C@H](OC)[C@H]1OP(=O)(O)O. The van der Waals surface area contributed by atoms with Crippen LogP contribution in [0.4, 0.5) is 0 Å². The van der Waals surface area contributed by atoms with E-state index in [1.54, 1.807) is 0 Å². The number of hydrogen-bond donors (Lipinski definition) is 10. The molecule has 0 spiro atoms. The first-order valence-corrected chi connectivity index (χ1v) is 22.9. The van der Waals surface area contributed by atoms with Crippen LogP contribution in [-0.4, -0.2) is 171 Å². The van der Waals surface area contributed by atoms with Gasteiger partial charge < -0.3 is 82.1 Å². The molecule has 0 bridgehead atoms. The molecule has 2 aliphatic rings. The summed E-state index contributed by atoms with van der Waals surface area (Å²) in [5.41, 5.74) is 0. The Morgan fingerprint density at radius 1 is 0.315 bits per heavy atom. The summed E-state index contributed by atoms with van der Waals surface area (Å²) in [4.78, 5) is 95.6. The van der Waals surface area contributed by atoms with Gasteiger partial charge in [0.2, 0.25) is 0 Å². The first-order valence-electron chi connectivity index (χ1n) is 15.3. The summed E-state index contributed by atoms with van der Waals surface area (Å²) in [6.45, 7) is -0.579. The van der Waals surface area contributed by atoms with Gasteiger partial charge in [0, 0.05) is 48.8 Å². The minimum Gasteiger partial charge on any atom is -0.376 e. The third-order valence-corrected chi connectivity index (χ3v) is 10.5. The van der Waals surface area contributed by atoms with Crippen molar-refractivity contribution in [3.63, 3.8) is 0 Å². The quantitative estimate of drug-likeness (QED) is 0.0408. The molecule has 0 aromatic rings. The van der Waals surface area contributed by atoms with Crippen LogP contribution in [0.2, 0.25) is 0 Å². The van der Waals surface area contributed by atoms with Crippen molar-refractivity contribution in [1.82, 2.24) is 0 Å². The molecule has 322 valence electrons. The van der Waals surface area contributed by atoms with Crippen molar-refractivity contribution >= 4 is 39.1 Å². The van der Waals surface area contributed by atoms with Crippen LogP contribution in [0, 0.1) is 0 Å². The first kappa shape index (κ1) is 50.4. The van der Waals surface area contributed by atoms with E-state index in [1.165, 1.54) is 0 Å². The van der Waals surface area contributed by atoms with Crippen LogP contribution in [0.3, 0.4) is 0 Å². The Bertz CT molecular complexity index is 1350. The molecule has 0 aromatic carbocycles. The van der Waals surface area contributed by atoms with Crippen molar-refractivity contribution < 1.29 is 128 Å². The Morgan fingerprint density at radius 3 is 0.759 bits per heavy atom. The predicted octanol–water partition coefficient (Wildman–Crippen LogP) is -1.58. The van der Waals surface area contributed by atoms with E-state index in [-0.39, 0.29) is 32.5 Å². The van der Waals surface area contributed by atoms with Crippen molar-refractivity contribution in [2.24, 2.45) is 0 Å². The van der Waals surface area contributed by atoms with Gasteiger partial charge in [-0.25, -0.2) is 22.8 Å². The number of unbranched alkanes of at least 4 members (excludes halogenated alkanes) is 2. The van der Waals surface area contributed by atoms with Gasteiger partial charge in [0.15, 0.2) is 0 Å². The smallest absolute Gasteiger partial charge is 0.376 e. The summed E-state index contributed by atoms with van der Waals surface area (Å²) in [5, 5.41) is 0. The number of phosphoric ester groups is 5. The number of methoxy groups -OCH3 is 5. The van der Waals surface area contributed by atoms with E-state index in [1.807, 2.05) is 0 Å². The Kier molecular flexibility index (Phi) is 19.6. The van der Waals surface area contributed by atoms with Crippen molar-refractivity contribution in [3.8, 4) is 0 Å². The van der Waals surface area contributed by atoms with Crippen LogP contribution < -0.4 is 0 Å². The van der Waals surface area contributed by atoms with Crippen LogP contribution in [0.15, 0.2) is 0 Å². The standard InChI is InChI=1S/C22H47O27P5/c1-38-11-12(39-2)21(48-53(32,33)34)22(49-54(35,36)37)17(20(11)47-52(29,30)31)44-10-8-6-7-9-43-16-13(40-3)18(45-50(23,24)25)15(42-5)19(14(16)41-4)46-51(26,27)28/h11-22H,6-10H2,1-5H3,(H2,23,24,25)(H2,26,27,28)(H2,29,30,31)(H2,32,33,34)(H2,35,36,37)/t11-,12-,13-,14+,15?,16?,17+,18+,19-,20+,21+,22+/m1/s1. The largest absolute Gasteiger partial charge is 0.470 e. The zero-order valence-corrected chi connectivity index (χ0v) is 33.6. The highest BCUT2D eigenvalue weighted by molar-refractivity contribution is 7.47. The predicted molar refractivity (Wildman–Crippen MR) is 172 cm³/mol. The maximum Gasteiger partial charge on any atom is 0.470 e. The molecule has 2 saturated carbocycles. The van der Waals surface area contributed by atoms with Crippen LogP contribution in [0.5, 0.6) is 0 Å². The number of rotatable bonds is 23. The summed E-state index contributed by atoms with van der Waals surface area (Å²) < 4.78 is 121. The first-order chi connectivity index (χ1) is 24.7. The maximum absolute atomic E-state index is 11.9. The van der Waals surface area contributed by atoms with Gasteiger partial charge in [-0.2, -0.15) is 0 Å². The van der Waals surface area contributed by atoms with Crippen LogP contribution in [-0.2, 0) is 78.6 Å². The highest BCUT2D eigenvalue weighted by Crippen LogP contribution is 2.51. The third kappa shape index (κ3) is 15.8. The lowest BCUT2D eigenvalue weighted by atomic mass is 9.84. The second-order valence-corrected chi connectivity index (χ2v) is 17.5. The summed E-state index contributed by atoms with van der Waals surface area (Å²) >= 11 is 0. The molecule has 0 aromatic heterocycles. The fraction of sp³-hybridized carbons (Fsp3) is 1.00. The van der Waals surface area contributed by atoms with E-state index >= 15 is 0 Å². The summed E-state index contributed by atoms with van der Waals surface area (Å²) in [6, 6.07) is 0. The molecule has 2 unspecified atom stereocenters. The second-order valence-electron chi connectivity index (χ2n) is 11.5. The molecule has 2 rings (SSSR count). The molecule has 0 heterocycles. The fourth-order valence-electron chi connectivity index (χ4n) is 6.18. The average molecular weight is 898 g/mol. The zero-order chi connectivity index (χ0) is 41.4.